The molecule has 1 aromatic heterocycles. The fraction of sp³-hybridized carbons (Fsp3) is 0.261. The van der Waals surface area contributed by atoms with Crippen molar-refractivity contribution < 1.29 is 18.7 Å². The van der Waals surface area contributed by atoms with Crippen LogP contribution in [0.15, 0.2) is 63.8 Å². The summed E-state index contributed by atoms with van der Waals surface area (Å²) in [4.78, 5) is 36.4. The van der Waals surface area contributed by atoms with E-state index in [1.807, 2.05) is 44.2 Å². The van der Waals surface area contributed by atoms with Crippen LogP contribution in [0.3, 0.4) is 0 Å². The third kappa shape index (κ3) is 5.54. The second kappa shape index (κ2) is 9.19. The van der Waals surface area contributed by atoms with Crippen molar-refractivity contribution in [2.24, 2.45) is 5.92 Å². The van der Waals surface area contributed by atoms with E-state index in [1.54, 1.807) is 12.1 Å². The number of amides is 1. The molecule has 0 aliphatic heterocycles. The molecule has 2 aromatic carbocycles. The molecule has 0 spiro atoms. The summed E-state index contributed by atoms with van der Waals surface area (Å²) in [5, 5.41) is 3.27. The van der Waals surface area contributed by atoms with Crippen molar-refractivity contribution in [2.45, 2.75) is 26.7 Å². The third-order valence-corrected chi connectivity index (χ3v) is 4.32. The van der Waals surface area contributed by atoms with Crippen LogP contribution in [-0.4, -0.2) is 18.4 Å². The van der Waals surface area contributed by atoms with Crippen molar-refractivity contribution >= 4 is 22.8 Å². The number of rotatable bonds is 7. The molecule has 0 saturated heterocycles. The maximum atomic E-state index is 12.2. The Hall–Kier alpha value is -3.41. The van der Waals surface area contributed by atoms with Gasteiger partial charge in [0.1, 0.15) is 16.9 Å². The lowest BCUT2D eigenvalue weighted by molar-refractivity contribution is -0.134. The predicted octanol–water partition coefficient (Wildman–Crippen LogP) is 3.72. The quantitative estimate of drug-likeness (QED) is 0.376. The molecule has 3 rings (SSSR count). The number of fused-ring (bicyclic) bond motifs is 1. The molecule has 6 nitrogen and oxygen atoms in total. The summed E-state index contributed by atoms with van der Waals surface area (Å²) in [6.45, 7) is 4.39. The van der Waals surface area contributed by atoms with Crippen LogP contribution < -0.4 is 15.7 Å². The molecule has 29 heavy (non-hydrogen) atoms. The Morgan fingerprint density at radius 2 is 1.83 bits per heavy atom. The summed E-state index contributed by atoms with van der Waals surface area (Å²) in [7, 11) is 0. The third-order valence-electron chi connectivity index (χ3n) is 4.32. The van der Waals surface area contributed by atoms with Crippen LogP contribution in [0, 0.1) is 5.92 Å². The Labute approximate surface area is 168 Å². The van der Waals surface area contributed by atoms with E-state index in [0.29, 0.717) is 18.4 Å². The first-order valence-corrected chi connectivity index (χ1v) is 9.53. The highest BCUT2D eigenvalue weighted by Gasteiger charge is 2.15. The lowest BCUT2D eigenvalue weighted by Crippen LogP contribution is -2.31. The summed E-state index contributed by atoms with van der Waals surface area (Å²) >= 11 is 0. The van der Waals surface area contributed by atoms with Gasteiger partial charge in [0.15, 0.2) is 0 Å². The monoisotopic (exact) mass is 393 g/mol. The van der Waals surface area contributed by atoms with Gasteiger partial charge in [-0.15, -0.1) is 0 Å². The fourth-order valence-corrected chi connectivity index (χ4v) is 2.78. The molecular formula is C23H23NO5. The minimum atomic E-state index is -0.730. The molecule has 1 amide bonds. The summed E-state index contributed by atoms with van der Waals surface area (Å²) in [6.07, 6.45) is 0.818. The fourth-order valence-electron chi connectivity index (χ4n) is 2.78. The first kappa shape index (κ1) is 20.3. The molecule has 0 aliphatic rings. The summed E-state index contributed by atoms with van der Waals surface area (Å²) < 4.78 is 10.6. The molecule has 0 saturated carbocycles. The smallest absolute Gasteiger partial charge is 0.349 e. The maximum absolute atomic E-state index is 12.2. The first-order chi connectivity index (χ1) is 13.9. The molecule has 1 heterocycles. The topological polar surface area (TPSA) is 85.6 Å². The van der Waals surface area contributed by atoms with Crippen molar-refractivity contribution in [1.82, 2.24) is 5.32 Å². The van der Waals surface area contributed by atoms with Gasteiger partial charge in [-0.3, -0.25) is 9.59 Å². The Kier molecular flexibility index (Phi) is 6.44. The van der Waals surface area contributed by atoms with Gasteiger partial charge in [0, 0.05) is 24.4 Å². The zero-order chi connectivity index (χ0) is 20.8. The largest absolute Gasteiger partial charge is 0.426 e. The second-order valence-corrected chi connectivity index (χ2v) is 7.21. The molecule has 0 fully saturated rings. The molecule has 6 heteroatoms. The molecule has 0 atom stereocenters. The molecular weight excluding hydrogens is 370 g/mol. The van der Waals surface area contributed by atoms with E-state index in [9.17, 15) is 14.4 Å². The number of hydrogen-bond acceptors (Lipinski definition) is 5. The number of esters is 1. The van der Waals surface area contributed by atoms with Crippen LogP contribution >= 0.6 is 0 Å². The average molecular weight is 393 g/mol. The van der Waals surface area contributed by atoms with Gasteiger partial charge in [-0.05, 0) is 36.1 Å². The van der Waals surface area contributed by atoms with E-state index in [4.69, 9.17) is 9.15 Å². The van der Waals surface area contributed by atoms with Crippen molar-refractivity contribution in [1.29, 1.82) is 0 Å². The minimum absolute atomic E-state index is 0.0502. The average Bonchev–Trinajstić information content (AvgIpc) is 2.70. The van der Waals surface area contributed by atoms with Gasteiger partial charge in [-0.2, -0.15) is 0 Å². The van der Waals surface area contributed by atoms with Crippen molar-refractivity contribution in [2.75, 3.05) is 6.54 Å². The van der Waals surface area contributed by atoms with Crippen LogP contribution in [0.1, 0.15) is 36.2 Å². The van der Waals surface area contributed by atoms with Gasteiger partial charge in [-0.25, -0.2) is 4.79 Å². The molecule has 3 aromatic rings. The highest BCUT2D eigenvalue weighted by atomic mass is 16.5. The second-order valence-electron chi connectivity index (χ2n) is 7.21. The summed E-state index contributed by atoms with van der Waals surface area (Å²) in [6, 6.07) is 15.9. The van der Waals surface area contributed by atoms with E-state index in [2.05, 4.69) is 5.32 Å². The normalized spacial score (nSPS) is 10.9. The number of benzene rings is 2. The molecule has 1 N–H and O–H groups in total. The molecule has 0 radical (unpaired) electrons. The van der Waals surface area contributed by atoms with Gasteiger partial charge in [-0.1, -0.05) is 44.2 Å². The van der Waals surface area contributed by atoms with Crippen molar-refractivity contribution in [3.63, 3.8) is 0 Å². The minimum Gasteiger partial charge on any atom is -0.426 e. The molecule has 0 unspecified atom stereocenters. The Bertz CT molecular complexity index is 1070. The zero-order valence-corrected chi connectivity index (χ0v) is 16.4. The number of aryl methyl sites for hydroxylation is 1. The Morgan fingerprint density at radius 1 is 1.07 bits per heavy atom. The van der Waals surface area contributed by atoms with Gasteiger partial charge in [0.05, 0.1) is 0 Å². The maximum Gasteiger partial charge on any atom is 0.349 e. The van der Waals surface area contributed by atoms with Gasteiger partial charge >= 0.3 is 11.6 Å². The summed E-state index contributed by atoms with van der Waals surface area (Å²) in [5.74, 6) is -0.285. The number of carbonyl (C=O) groups excluding carboxylic acids is 2. The predicted molar refractivity (Wildman–Crippen MR) is 110 cm³/mol. The van der Waals surface area contributed by atoms with Crippen molar-refractivity contribution in [3.05, 3.63) is 76.1 Å². The number of hydrogen-bond donors (Lipinski definition) is 1. The molecule has 0 bridgehead atoms. The van der Waals surface area contributed by atoms with Crippen LogP contribution in [0.2, 0.25) is 0 Å². The van der Waals surface area contributed by atoms with Crippen LogP contribution in [0.5, 0.6) is 5.75 Å². The van der Waals surface area contributed by atoms with Gasteiger partial charge < -0.3 is 14.5 Å². The van der Waals surface area contributed by atoms with Crippen LogP contribution in [0.25, 0.3) is 11.0 Å². The van der Waals surface area contributed by atoms with Gasteiger partial charge in [0.25, 0.3) is 5.91 Å². The SMILES string of the molecule is CC(C)CNC(=O)c1cc2ccc(OC(=O)CCc3ccccc3)cc2oc1=O. The van der Waals surface area contributed by atoms with E-state index >= 15 is 0 Å². The van der Waals surface area contributed by atoms with E-state index in [0.717, 1.165) is 5.56 Å². The lowest BCUT2D eigenvalue weighted by Gasteiger charge is -2.08. The van der Waals surface area contributed by atoms with E-state index in [1.165, 1.54) is 12.1 Å². The number of carbonyl (C=O) groups is 2. The van der Waals surface area contributed by atoms with E-state index < -0.39 is 11.5 Å². The van der Waals surface area contributed by atoms with Gasteiger partial charge in [0.2, 0.25) is 0 Å². The highest BCUT2D eigenvalue weighted by molar-refractivity contribution is 5.96. The Morgan fingerprint density at radius 3 is 2.55 bits per heavy atom. The van der Waals surface area contributed by atoms with Crippen LogP contribution in [0.4, 0.5) is 0 Å². The highest BCUT2D eigenvalue weighted by Crippen LogP contribution is 2.21. The zero-order valence-electron chi connectivity index (χ0n) is 16.4. The Balaban J connectivity index is 1.69. The molecule has 150 valence electrons. The standard InChI is InChI=1S/C23H23NO5/c1-15(2)14-24-22(26)19-12-17-9-10-18(13-20(17)29-23(19)27)28-21(25)11-8-16-6-4-3-5-7-16/h3-7,9-10,12-13,15H,8,11,14H2,1-2H3,(H,24,26). The van der Waals surface area contributed by atoms with Crippen LogP contribution in [-0.2, 0) is 11.2 Å². The number of ether oxygens (including phenoxy) is 1. The van der Waals surface area contributed by atoms with E-state index in [-0.39, 0.29) is 35.2 Å². The number of nitrogens with one attached hydrogen (secondary N) is 1. The first-order valence-electron chi connectivity index (χ1n) is 9.53. The molecule has 0 aliphatic carbocycles. The lowest BCUT2D eigenvalue weighted by atomic mass is 10.1. The summed E-state index contributed by atoms with van der Waals surface area (Å²) in [5.41, 5.74) is 0.526. The van der Waals surface area contributed by atoms with Crippen molar-refractivity contribution in [3.8, 4) is 5.75 Å².